The van der Waals surface area contributed by atoms with Gasteiger partial charge in [-0.05, 0) is 31.0 Å². The van der Waals surface area contributed by atoms with E-state index in [4.69, 9.17) is 22.1 Å². The number of hydrogen-bond donors (Lipinski definition) is 2. The Bertz CT molecular complexity index is 463. The first-order chi connectivity index (χ1) is 9.65. The third-order valence-corrected chi connectivity index (χ3v) is 3.81. The Morgan fingerprint density at radius 3 is 2.71 bits per heavy atom. The zero-order valence-corrected chi connectivity index (χ0v) is 13.4. The highest BCUT2D eigenvalue weighted by Gasteiger charge is 2.14. The summed E-state index contributed by atoms with van der Waals surface area (Å²) in [4.78, 5) is 10.8. The summed E-state index contributed by atoms with van der Waals surface area (Å²) in [5.41, 5.74) is 6.07. The van der Waals surface area contributed by atoms with Crippen LogP contribution in [-0.2, 0) is 11.3 Å². The average Bonchev–Trinajstić information content (AvgIpc) is 2.45. The molecule has 1 aromatic rings. The fourth-order valence-electron chi connectivity index (χ4n) is 2.54. The summed E-state index contributed by atoms with van der Waals surface area (Å²) in [5, 5.41) is 4.20. The minimum absolute atomic E-state index is 0. The Morgan fingerprint density at radius 1 is 1.33 bits per heavy atom. The van der Waals surface area contributed by atoms with Gasteiger partial charge in [-0.3, -0.25) is 4.79 Å². The number of amides is 1. The van der Waals surface area contributed by atoms with Gasteiger partial charge in [-0.2, -0.15) is 0 Å². The van der Waals surface area contributed by atoms with Crippen molar-refractivity contribution in [3.63, 3.8) is 0 Å². The van der Waals surface area contributed by atoms with E-state index in [1.54, 1.807) is 12.1 Å². The molecule has 2 rings (SSSR count). The van der Waals surface area contributed by atoms with Crippen molar-refractivity contribution < 1.29 is 21.9 Å². The largest absolute Gasteiger partial charge is 1.00 e. The number of primary amides is 1. The predicted molar refractivity (Wildman–Crippen MR) is 79.9 cm³/mol. The molecule has 0 atom stereocenters. The van der Waals surface area contributed by atoms with E-state index < -0.39 is 5.91 Å². The van der Waals surface area contributed by atoms with E-state index in [0.29, 0.717) is 23.4 Å². The number of hydrogen-bond acceptors (Lipinski definition) is 3. The lowest BCUT2D eigenvalue weighted by Gasteiger charge is -2.23. The molecule has 1 fully saturated rings. The molecule has 3 N–H and O–H groups in total. The molecule has 1 aliphatic rings. The third kappa shape index (κ3) is 6.12. The first-order valence-corrected chi connectivity index (χ1v) is 7.46. The SMILES string of the molecule is NC(=O)COc1ccc(Cl)cc1CNC1CCCCC1.[Cl-]. The quantitative estimate of drug-likeness (QED) is 0.747. The van der Waals surface area contributed by atoms with Crippen molar-refractivity contribution in [2.75, 3.05) is 6.61 Å². The number of benzene rings is 1. The van der Waals surface area contributed by atoms with E-state index >= 15 is 0 Å². The van der Waals surface area contributed by atoms with Gasteiger partial charge in [-0.15, -0.1) is 0 Å². The number of carbonyl (C=O) groups is 1. The monoisotopic (exact) mass is 331 g/mol. The molecule has 0 heterocycles. The highest BCUT2D eigenvalue weighted by Crippen LogP contribution is 2.24. The van der Waals surface area contributed by atoms with Crippen LogP contribution in [0.25, 0.3) is 0 Å². The van der Waals surface area contributed by atoms with Gasteiger partial charge in [0.15, 0.2) is 6.61 Å². The van der Waals surface area contributed by atoms with Crippen molar-refractivity contribution in [2.24, 2.45) is 5.73 Å². The molecule has 6 heteroatoms. The second-order valence-corrected chi connectivity index (χ2v) is 5.66. The van der Waals surface area contributed by atoms with Crippen LogP contribution in [0.5, 0.6) is 5.75 Å². The first kappa shape index (κ1) is 18.1. The molecule has 4 nitrogen and oxygen atoms in total. The lowest BCUT2D eigenvalue weighted by atomic mass is 9.95. The van der Waals surface area contributed by atoms with E-state index in [1.807, 2.05) is 6.07 Å². The first-order valence-electron chi connectivity index (χ1n) is 7.08. The van der Waals surface area contributed by atoms with Crippen molar-refractivity contribution in [1.82, 2.24) is 5.32 Å². The summed E-state index contributed by atoms with van der Waals surface area (Å²) in [6.45, 7) is 0.581. The standard InChI is InChI=1S/C15H21ClN2O2.ClH/c16-12-6-7-14(20-10-15(17)19)11(8-12)9-18-13-4-2-1-3-5-13;/h6-8,13,18H,1-5,9-10H2,(H2,17,19);1H/p-1. The maximum atomic E-state index is 10.8. The molecule has 21 heavy (non-hydrogen) atoms. The van der Waals surface area contributed by atoms with E-state index in [2.05, 4.69) is 5.32 Å². The normalized spacial score (nSPS) is 15.3. The van der Waals surface area contributed by atoms with E-state index in [9.17, 15) is 4.79 Å². The van der Waals surface area contributed by atoms with Crippen LogP contribution in [0.4, 0.5) is 0 Å². The van der Waals surface area contributed by atoms with Gasteiger partial charge in [0.1, 0.15) is 5.75 Å². The Morgan fingerprint density at radius 2 is 2.05 bits per heavy atom. The number of nitrogens with one attached hydrogen (secondary N) is 1. The molecule has 0 saturated heterocycles. The minimum atomic E-state index is -0.480. The van der Waals surface area contributed by atoms with Crippen LogP contribution in [0.1, 0.15) is 37.7 Å². The predicted octanol–water partition coefficient (Wildman–Crippen LogP) is -0.370. The topological polar surface area (TPSA) is 64.4 Å². The second kappa shape index (κ2) is 9.13. The molecule has 0 spiro atoms. The van der Waals surface area contributed by atoms with Crippen LogP contribution in [0.15, 0.2) is 18.2 Å². The molecule has 0 aliphatic heterocycles. The zero-order chi connectivity index (χ0) is 14.4. The summed E-state index contributed by atoms with van der Waals surface area (Å²) < 4.78 is 5.42. The molecule has 1 aromatic carbocycles. The van der Waals surface area contributed by atoms with Crippen LogP contribution >= 0.6 is 11.6 Å². The second-order valence-electron chi connectivity index (χ2n) is 5.22. The molecule has 118 valence electrons. The summed E-state index contributed by atoms with van der Waals surface area (Å²) in [5.74, 6) is 0.183. The summed E-state index contributed by atoms with van der Waals surface area (Å²) in [6, 6.07) is 5.96. The Hall–Kier alpha value is -0.970. The number of nitrogens with two attached hydrogens (primary N) is 1. The molecule has 0 aromatic heterocycles. The molecule has 1 amide bonds. The fraction of sp³-hybridized carbons (Fsp3) is 0.533. The molecule has 1 aliphatic carbocycles. The van der Waals surface area contributed by atoms with Crippen molar-refractivity contribution in [3.05, 3.63) is 28.8 Å². The van der Waals surface area contributed by atoms with Crippen LogP contribution in [0, 0.1) is 0 Å². The average molecular weight is 332 g/mol. The van der Waals surface area contributed by atoms with Gasteiger partial charge in [-0.25, -0.2) is 0 Å². The van der Waals surface area contributed by atoms with Gasteiger partial charge in [0, 0.05) is 23.2 Å². The maximum Gasteiger partial charge on any atom is 0.255 e. The van der Waals surface area contributed by atoms with Crippen LogP contribution in [0.2, 0.25) is 5.02 Å². The van der Waals surface area contributed by atoms with Crippen molar-refractivity contribution in [2.45, 2.75) is 44.7 Å². The van der Waals surface area contributed by atoms with Gasteiger partial charge in [-0.1, -0.05) is 30.9 Å². The van der Waals surface area contributed by atoms with Gasteiger partial charge < -0.3 is 28.2 Å². The van der Waals surface area contributed by atoms with Gasteiger partial charge in [0.2, 0.25) is 0 Å². The van der Waals surface area contributed by atoms with Crippen molar-refractivity contribution in [3.8, 4) is 5.75 Å². The van der Waals surface area contributed by atoms with Gasteiger partial charge in [0.25, 0.3) is 5.91 Å². The third-order valence-electron chi connectivity index (χ3n) is 3.58. The van der Waals surface area contributed by atoms with E-state index in [-0.39, 0.29) is 19.0 Å². The molecule has 1 saturated carbocycles. The lowest BCUT2D eigenvalue weighted by Crippen LogP contribution is -3.00. The van der Waals surface area contributed by atoms with Crippen LogP contribution in [0.3, 0.4) is 0 Å². The summed E-state index contributed by atoms with van der Waals surface area (Å²) >= 11 is 6.03. The maximum absolute atomic E-state index is 10.8. The fourth-order valence-corrected chi connectivity index (χ4v) is 2.73. The Labute approximate surface area is 136 Å². The van der Waals surface area contributed by atoms with Crippen molar-refractivity contribution in [1.29, 1.82) is 0 Å². The number of ether oxygens (including phenoxy) is 1. The summed E-state index contributed by atoms with van der Waals surface area (Å²) in [7, 11) is 0. The molecular weight excluding hydrogens is 311 g/mol. The molecule has 0 unspecified atom stereocenters. The number of halogens is 2. The Kier molecular flexibility index (Phi) is 7.86. The Balaban J connectivity index is 0.00000220. The summed E-state index contributed by atoms with van der Waals surface area (Å²) in [6.07, 6.45) is 6.36. The molecule has 0 bridgehead atoms. The van der Waals surface area contributed by atoms with Gasteiger partial charge in [0.05, 0.1) is 0 Å². The van der Waals surface area contributed by atoms with E-state index in [0.717, 1.165) is 5.56 Å². The number of carbonyl (C=O) groups excluding carboxylic acids is 1. The highest BCUT2D eigenvalue weighted by atomic mass is 35.5. The molecule has 0 radical (unpaired) electrons. The lowest BCUT2D eigenvalue weighted by molar-refractivity contribution is -0.119. The number of rotatable bonds is 6. The highest BCUT2D eigenvalue weighted by molar-refractivity contribution is 6.30. The zero-order valence-electron chi connectivity index (χ0n) is 11.9. The van der Waals surface area contributed by atoms with Gasteiger partial charge >= 0.3 is 0 Å². The minimum Gasteiger partial charge on any atom is -1.00 e. The van der Waals surface area contributed by atoms with Crippen LogP contribution in [-0.4, -0.2) is 18.6 Å². The van der Waals surface area contributed by atoms with E-state index in [1.165, 1.54) is 32.1 Å². The smallest absolute Gasteiger partial charge is 0.255 e. The molecular formula is C15H21Cl2N2O2-. The van der Waals surface area contributed by atoms with Crippen molar-refractivity contribution >= 4 is 17.5 Å². The van der Waals surface area contributed by atoms with Crippen LogP contribution < -0.4 is 28.2 Å².